The van der Waals surface area contributed by atoms with Crippen LogP contribution in [0, 0.1) is 0 Å². The number of methoxy groups -OCH3 is 1. The number of hydrogen-bond donors (Lipinski definition) is 1. The molecule has 1 fully saturated rings. The van der Waals surface area contributed by atoms with E-state index in [0.717, 1.165) is 23.6 Å². The van der Waals surface area contributed by atoms with Crippen molar-refractivity contribution in [2.75, 3.05) is 19.4 Å². The summed E-state index contributed by atoms with van der Waals surface area (Å²) in [5, 5.41) is 5.11. The molecule has 2 amide bonds. The molecule has 3 rings (SSSR count). The SMILES string of the molecule is COc1ccc([C@H]2SCCN2C(=O)NCc2cccs2)cc1. The van der Waals surface area contributed by atoms with Crippen LogP contribution in [0.4, 0.5) is 4.79 Å². The molecule has 6 heteroatoms. The number of nitrogens with zero attached hydrogens (tertiary/aromatic N) is 1. The van der Waals surface area contributed by atoms with Gasteiger partial charge in [0.2, 0.25) is 0 Å². The summed E-state index contributed by atoms with van der Waals surface area (Å²) in [5.41, 5.74) is 1.13. The molecule has 1 aliphatic rings. The van der Waals surface area contributed by atoms with Gasteiger partial charge in [0.15, 0.2) is 0 Å². The molecule has 0 radical (unpaired) electrons. The van der Waals surface area contributed by atoms with Crippen LogP contribution in [0.1, 0.15) is 15.8 Å². The molecule has 116 valence electrons. The predicted molar refractivity (Wildman–Crippen MR) is 91.5 cm³/mol. The molecular formula is C16H18N2O2S2. The van der Waals surface area contributed by atoms with E-state index < -0.39 is 0 Å². The fourth-order valence-electron chi connectivity index (χ4n) is 2.40. The van der Waals surface area contributed by atoms with E-state index in [1.54, 1.807) is 30.2 Å². The van der Waals surface area contributed by atoms with Gasteiger partial charge < -0.3 is 15.0 Å². The van der Waals surface area contributed by atoms with E-state index in [9.17, 15) is 4.79 Å². The lowest BCUT2D eigenvalue weighted by Gasteiger charge is -2.24. The lowest BCUT2D eigenvalue weighted by Crippen LogP contribution is -2.38. The molecule has 2 heterocycles. The van der Waals surface area contributed by atoms with Crippen molar-refractivity contribution < 1.29 is 9.53 Å². The molecule has 0 aliphatic carbocycles. The summed E-state index contributed by atoms with van der Waals surface area (Å²) >= 11 is 3.45. The van der Waals surface area contributed by atoms with Crippen molar-refractivity contribution >= 4 is 29.1 Å². The molecule has 0 spiro atoms. The number of carbonyl (C=O) groups excluding carboxylic acids is 1. The van der Waals surface area contributed by atoms with Gasteiger partial charge in [-0.25, -0.2) is 4.79 Å². The highest BCUT2D eigenvalue weighted by atomic mass is 32.2. The third kappa shape index (κ3) is 3.39. The lowest BCUT2D eigenvalue weighted by molar-refractivity contribution is 0.200. The number of thiophene rings is 1. The fraction of sp³-hybridized carbons (Fsp3) is 0.312. The summed E-state index contributed by atoms with van der Waals surface area (Å²) in [6.07, 6.45) is 0. The third-order valence-electron chi connectivity index (χ3n) is 3.55. The number of nitrogens with one attached hydrogen (secondary N) is 1. The summed E-state index contributed by atoms with van der Waals surface area (Å²) in [6, 6.07) is 12.0. The van der Waals surface area contributed by atoms with E-state index in [2.05, 4.69) is 5.32 Å². The van der Waals surface area contributed by atoms with Crippen LogP contribution >= 0.6 is 23.1 Å². The molecule has 1 atom stereocenters. The quantitative estimate of drug-likeness (QED) is 0.927. The maximum Gasteiger partial charge on any atom is 0.318 e. The van der Waals surface area contributed by atoms with Crippen molar-refractivity contribution in [2.45, 2.75) is 11.9 Å². The molecule has 1 N–H and O–H groups in total. The Labute approximate surface area is 138 Å². The first-order valence-corrected chi connectivity index (χ1v) is 9.03. The molecule has 1 saturated heterocycles. The van der Waals surface area contributed by atoms with E-state index in [0.29, 0.717) is 6.54 Å². The Kier molecular flexibility index (Phi) is 4.90. The van der Waals surface area contributed by atoms with Crippen LogP contribution in [0.5, 0.6) is 5.75 Å². The van der Waals surface area contributed by atoms with E-state index in [-0.39, 0.29) is 11.4 Å². The second kappa shape index (κ2) is 7.07. The minimum Gasteiger partial charge on any atom is -0.497 e. The zero-order valence-corrected chi connectivity index (χ0v) is 14.0. The van der Waals surface area contributed by atoms with Crippen molar-refractivity contribution in [3.8, 4) is 5.75 Å². The van der Waals surface area contributed by atoms with Gasteiger partial charge in [-0.3, -0.25) is 0 Å². The molecule has 0 bridgehead atoms. The molecule has 22 heavy (non-hydrogen) atoms. The molecule has 1 aliphatic heterocycles. The third-order valence-corrected chi connectivity index (χ3v) is 5.68. The Morgan fingerprint density at radius 2 is 2.18 bits per heavy atom. The number of rotatable bonds is 4. The van der Waals surface area contributed by atoms with Crippen molar-refractivity contribution in [3.63, 3.8) is 0 Å². The van der Waals surface area contributed by atoms with Crippen LogP contribution in [0.25, 0.3) is 0 Å². The number of urea groups is 1. The van der Waals surface area contributed by atoms with Gasteiger partial charge in [0.25, 0.3) is 0 Å². The highest BCUT2D eigenvalue weighted by Gasteiger charge is 2.30. The Hall–Kier alpha value is -1.66. The van der Waals surface area contributed by atoms with Gasteiger partial charge in [0.05, 0.1) is 13.7 Å². The van der Waals surface area contributed by atoms with Gasteiger partial charge in [-0.1, -0.05) is 18.2 Å². The monoisotopic (exact) mass is 334 g/mol. The van der Waals surface area contributed by atoms with Crippen molar-refractivity contribution in [1.82, 2.24) is 10.2 Å². The molecule has 1 aromatic carbocycles. The Morgan fingerprint density at radius 3 is 2.86 bits per heavy atom. The summed E-state index contributed by atoms with van der Waals surface area (Å²) in [7, 11) is 1.66. The predicted octanol–water partition coefficient (Wildman–Crippen LogP) is 3.71. The summed E-state index contributed by atoms with van der Waals surface area (Å²) in [4.78, 5) is 15.5. The molecule has 4 nitrogen and oxygen atoms in total. The number of ether oxygens (including phenoxy) is 1. The maximum absolute atomic E-state index is 12.4. The number of carbonyl (C=O) groups is 1. The van der Waals surface area contributed by atoms with Gasteiger partial charge in [0, 0.05) is 17.2 Å². The first kappa shape index (κ1) is 15.2. The fourth-order valence-corrected chi connectivity index (χ4v) is 4.30. The average Bonchev–Trinajstić information content (AvgIpc) is 3.24. The first-order chi connectivity index (χ1) is 10.8. The van der Waals surface area contributed by atoms with E-state index >= 15 is 0 Å². The van der Waals surface area contributed by atoms with Gasteiger partial charge in [0.1, 0.15) is 11.1 Å². The highest BCUT2D eigenvalue weighted by Crippen LogP contribution is 2.38. The minimum atomic E-state index is -0.000724. The smallest absolute Gasteiger partial charge is 0.318 e. The molecular weight excluding hydrogens is 316 g/mol. The second-order valence-electron chi connectivity index (χ2n) is 4.93. The van der Waals surface area contributed by atoms with Crippen LogP contribution in [-0.2, 0) is 6.54 Å². The maximum atomic E-state index is 12.4. The Bertz CT molecular complexity index is 614. The Balaban J connectivity index is 1.65. The van der Waals surface area contributed by atoms with Crippen molar-refractivity contribution in [3.05, 3.63) is 52.2 Å². The van der Waals surface area contributed by atoms with Gasteiger partial charge in [-0.2, -0.15) is 0 Å². The number of thioether (sulfide) groups is 1. The lowest BCUT2D eigenvalue weighted by atomic mass is 10.2. The first-order valence-electron chi connectivity index (χ1n) is 7.10. The van der Waals surface area contributed by atoms with Crippen LogP contribution in [-0.4, -0.2) is 30.3 Å². The number of benzene rings is 1. The Morgan fingerprint density at radius 1 is 1.36 bits per heavy atom. The van der Waals surface area contributed by atoms with Crippen LogP contribution in [0.15, 0.2) is 41.8 Å². The topological polar surface area (TPSA) is 41.6 Å². The zero-order valence-electron chi connectivity index (χ0n) is 12.3. The minimum absolute atomic E-state index is 0.000724. The average molecular weight is 334 g/mol. The van der Waals surface area contributed by atoms with Crippen LogP contribution in [0.3, 0.4) is 0 Å². The number of amides is 2. The van der Waals surface area contributed by atoms with Crippen LogP contribution < -0.4 is 10.1 Å². The summed E-state index contributed by atoms with van der Waals surface area (Å²) in [6.45, 7) is 1.37. The number of hydrogen-bond acceptors (Lipinski definition) is 4. The van der Waals surface area contributed by atoms with Crippen LogP contribution in [0.2, 0.25) is 0 Å². The van der Waals surface area contributed by atoms with E-state index in [4.69, 9.17) is 4.74 Å². The standard InChI is InChI=1S/C16H18N2O2S2/c1-20-13-6-4-12(5-7-13)15-18(8-10-22-15)16(19)17-11-14-3-2-9-21-14/h2-7,9,15H,8,10-11H2,1H3,(H,17,19)/t15-/m1/s1. The molecule has 0 saturated carbocycles. The van der Waals surface area contributed by atoms with Gasteiger partial charge >= 0.3 is 6.03 Å². The van der Waals surface area contributed by atoms with E-state index in [1.165, 1.54) is 4.88 Å². The highest BCUT2D eigenvalue weighted by molar-refractivity contribution is 7.99. The van der Waals surface area contributed by atoms with E-state index in [1.807, 2.05) is 46.7 Å². The van der Waals surface area contributed by atoms with Gasteiger partial charge in [-0.15, -0.1) is 23.1 Å². The normalized spacial score (nSPS) is 17.5. The second-order valence-corrected chi connectivity index (χ2v) is 7.15. The molecule has 1 aromatic heterocycles. The summed E-state index contributed by atoms with van der Waals surface area (Å²) < 4.78 is 5.19. The van der Waals surface area contributed by atoms with Gasteiger partial charge in [-0.05, 0) is 29.1 Å². The van der Waals surface area contributed by atoms with Crippen molar-refractivity contribution in [2.24, 2.45) is 0 Å². The largest absolute Gasteiger partial charge is 0.497 e. The summed E-state index contributed by atoms with van der Waals surface area (Å²) in [5.74, 6) is 1.80. The molecule has 2 aromatic rings. The zero-order chi connectivity index (χ0) is 15.4. The molecule has 0 unspecified atom stereocenters. The van der Waals surface area contributed by atoms with Crippen molar-refractivity contribution in [1.29, 1.82) is 0 Å².